The lowest BCUT2D eigenvalue weighted by atomic mass is 9.93. The van der Waals surface area contributed by atoms with Gasteiger partial charge in [0.2, 0.25) is 0 Å². The molecule has 0 fully saturated rings. The van der Waals surface area contributed by atoms with Gasteiger partial charge in [0, 0.05) is 19.5 Å². The van der Waals surface area contributed by atoms with Crippen LogP contribution in [0.5, 0.6) is 5.75 Å². The lowest BCUT2D eigenvalue weighted by molar-refractivity contribution is -0.139. The average molecular weight is 486 g/mol. The number of carboxylic acid groups (broad SMARTS) is 1. The van der Waals surface area contributed by atoms with Crippen molar-refractivity contribution >= 4 is 12.1 Å². The summed E-state index contributed by atoms with van der Waals surface area (Å²) in [5.41, 5.74) is 1.81. The van der Waals surface area contributed by atoms with Crippen LogP contribution in [0.15, 0.2) is 54.6 Å². The van der Waals surface area contributed by atoms with Gasteiger partial charge in [-0.2, -0.15) is 0 Å². The van der Waals surface area contributed by atoms with Gasteiger partial charge in [-0.1, -0.05) is 56.3 Å². The molecule has 0 bridgehead atoms. The fourth-order valence-electron chi connectivity index (χ4n) is 3.79. The van der Waals surface area contributed by atoms with Crippen LogP contribution in [0, 0.1) is 5.41 Å². The van der Waals surface area contributed by atoms with Crippen LogP contribution in [-0.4, -0.2) is 68.4 Å². The molecule has 0 aliphatic heterocycles. The highest BCUT2D eigenvalue weighted by atomic mass is 16.5. The largest absolute Gasteiger partial charge is 0.494 e. The fraction of sp³-hybridized carbons (Fsp3) is 0.481. The van der Waals surface area contributed by atoms with Gasteiger partial charge in [0.25, 0.3) is 0 Å². The van der Waals surface area contributed by atoms with Gasteiger partial charge in [0.1, 0.15) is 18.4 Å². The van der Waals surface area contributed by atoms with E-state index < -0.39 is 18.1 Å². The summed E-state index contributed by atoms with van der Waals surface area (Å²) in [5, 5.41) is 15.4. The van der Waals surface area contributed by atoms with Crippen molar-refractivity contribution in [3.63, 3.8) is 0 Å². The van der Waals surface area contributed by atoms with Gasteiger partial charge in [0.15, 0.2) is 0 Å². The van der Waals surface area contributed by atoms with Gasteiger partial charge in [-0.25, -0.2) is 9.59 Å². The third-order valence-electron chi connectivity index (χ3n) is 5.28. The smallest absolute Gasteiger partial charge is 0.408 e. The van der Waals surface area contributed by atoms with Crippen molar-refractivity contribution in [3.8, 4) is 5.75 Å². The zero-order valence-electron chi connectivity index (χ0n) is 21.3. The number of rotatable bonds is 15. The fourth-order valence-corrected chi connectivity index (χ4v) is 3.79. The maximum absolute atomic E-state index is 12.0. The molecule has 8 heteroatoms. The first kappa shape index (κ1) is 28.1. The van der Waals surface area contributed by atoms with Crippen LogP contribution in [0.2, 0.25) is 0 Å². The summed E-state index contributed by atoms with van der Waals surface area (Å²) < 4.78 is 10.9. The Hall–Kier alpha value is -3.10. The monoisotopic (exact) mass is 485 g/mol. The van der Waals surface area contributed by atoms with Crippen LogP contribution < -0.4 is 15.4 Å². The molecular formula is C27H39N3O5. The van der Waals surface area contributed by atoms with E-state index in [-0.39, 0.29) is 18.4 Å². The van der Waals surface area contributed by atoms with Crippen molar-refractivity contribution in [1.29, 1.82) is 0 Å². The number of nitrogens with zero attached hydrogens (tertiary/aromatic N) is 1. The number of carboxylic acids is 1. The lowest BCUT2D eigenvalue weighted by Crippen LogP contribution is -2.42. The molecule has 1 unspecified atom stereocenters. The quantitative estimate of drug-likeness (QED) is 0.332. The second kappa shape index (κ2) is 14.3. The number of aliphatic carboxylic acids is 1. The third kappa shape index (κ3) is 11.7. The molecule has 8 nitrogen and oxygen atoms in total. The highest BCUT2D eigenvalue weighted by Crippen LogP contribution is 2.15. The Bertz CT molecular complexity index is 901. The SMILES string of the molecule is CN(C)CC(C)(C)CNCCCOc1ccc(CC(NC(=O)OCc2ccccc2)C(=O)O)cc1. The number of hydrogen-bond donors (Lipinski definition) is 3. The Morgan fingerprint density at radius 2 is 1.71 bits per heavy atom. The zero-order valence-corrected chi connectivity index (χ0v) is 21.3. The number of ether oxygens (including phenoxy) is 2. The Labute approximate surface area is 208 Å². The number of carbonyl (C=O) groups excluding carboxylic acids is 1. The third-order valence-corrected chi connectivity index (χ3v) is 5.28. The van der Waals surface area contributed by atoms with Crippen LogP contribution >= 0.6 is 0 Å². The van der Waals surface area contributed by atoms with Crippen molar-refractivity contribution in [1.82, 2.24) is 15.5 Å². The predicted molar refractivity (Wildman–Crippen MR) is 137 cm³/mol. The number of nitrogens with one attached hydrogen (secondary N) is 2. The van der Waals surface area contributed by atoms with Gasteiger partial charge < -0.3 is 30.1 Å². The molecule has 0 aliphatic rings. The average Bonchev–Trinajstić information content (AvgIpc) is 2.80. The van der Waals surface area contributed by atoms with Crippen molar-refractivity contribution in [2.24, 2.45) is 5.41 Å². The first-order valence-electron chi connectivity index (χ1n) is 11.9. The molecule has 0 saturated carbocycles. The van der Waals surface area contributed by atoms with Crippen molar-refractivity contribution in [2.75, 3.05) is 40.3 Å². The van der Waals surface area contributed by atoms with Gasteiger partial charge in [-0.3, -0.25) is 0 Å². The van der Waals surface area contributed by atoms with E-state index in [0.29, 0.717) is 6.61 Å². The Morgan fingerprint density at radius 1 is 1.03 bits per heavy atom. The summed E-state index contributed by atoms with van der Waals surface area (Å²) in [6, 6.07) is 15.4. The molecular weight excluding hydrogens is 446 g/mol. The molecule has 1 atom stereocenters. The lowest BCUT2D eigenvalue weighted by Gasteiger charge is -2.28. The van der Waals surface area contributed by atoms with Gasteiger partial charge in [-0.05, 0) is 55.7 Å². The second-order valence-corrected chi connectivity index (χ2v) is 9.73. The zero-order chi connectivity index (χ0) is 25.7. The van der Waals surface area contributed by atoms with E-state index in [0.717, 1.165) is 42.9 Å². The van der Waals surface area contributed by atoms with Crippen LogP contribution in [0.4, 0.5) is 4.79 Å². The second-order valence-electron chi connectivity index (χ2n) is 9.73. The first-order valence-corrected chi connectivity index (χ1v) is 11.9. The summed E-state index contributed by atoms with van der Waals surface area (Å²) in [6.45, 7) is 8.00. The molecule has 2 aromatic carbocycles. The van der Waals surface area contributed by atoms with E-state index in [2.05, 4.69) is 43.5 Å². The summed E-state index contributed by atoms with van der Waals surface area (Å²) in [5.74, 6) is -0.396. The molecule has 0 aliphatic carbocycles. The molecule has 192 valence electrons. The molecule has 0 aromatic heterocycles. The highest BCUT2D eigenvalue weighted by Gasteiger charge is 2.21. The Morgan fingerprint density at radius 3 is 2.34 bits per heavy atom. The van der Waals surface area contributed by atoms with Gasteiger partial charge >= 0.3 is 12.1 Å². The molecule has 1 amide bonds. The first-order chi connectivity index (χ1) is 16.6. The molecule has 3 N–H and O–H groups in total. The molecule has 35 heavy (non-hydrogen) atoms. The van der Waals surface area contributed by atoms with E-state index in [1.54, 1.807) is 0 Å². The normalized spacial score (nSPS) is 12.3. The number of benzene rings is 2. The van der Waals surface area contributed by atoms with Gasteiger partial charge in [-0.15, -0.1) is 0 Å². The summed E-state index contributed by atoms with van der Waals surface area (Å²) >= 11 is 0. The summed E-state index contributed by atoms with van der Waals surface area (Å²) in [7, 11) is 4.17. The number of hydrogen-bond acceptors (Lipinski definition) is 6. The minimum absolute atomic E-state index is 0.0778. The molecule has 0 saturated heterocycles. The van der Waals surface area contributed by atoms with Crippen molar-refractivity contribution in [3.05, 3.63) is 65.7 Å². The molecule has 0 radical (unpaired) electrons. The summed E-state index contributed by atoms with van der Waals surface area (Å²) in [6.07, 6.45) is 0.262. The van der Waals surface area contributed by atoms with Crippen LogP contribution in [0.25, 0.3) is 0 Å². The molecule has 0 spiro atoms. The van der Waals surface area contributed by atoms with E-state index in [1.807, 2.05) is 54.6 Å². The predicted octanol–water partition coefficient (Wildman–Crippen LogP) is 3.56. The maximum atomic E-state index is 12.0. The van der Waals surface area contributed by atoms with Gasteiger partial charge in [0.05, 0.1) is 6.61 Å². The van der Waals surface area contributed by atoms with Crippen LogP contribution in [0.3, 0.4) is 0 Å². The molecule has 2 rings (SSSR count). The highest BCUT2D eigenvalue weighted by molar-refractivity contribution is 5.80. The number of carbonyl (C=O) groups is 2. The van der Waals surface area contributed by atoms with E-state index in [4.69, 9.17) is 9.47 Å². The van der Waals surface area contributed by atoms with Crippen LogP contribution in [0.1, 0.15) is 31.4 Å². The number of amides is 1. The summed E-state index contributed by atoms with van der Waals surface area (Å²) in [4.78, 5) is 25.9. The van der Waals surface area contributed by atoms with E-state index in [1.165, 1.54) is 0 Å². The van der Waals surface area contributed by atoms with E-state index >= 15 is 0 Å². The van der Waals surface area contributed by atoms with E-state index in [9.17, 15) is 14.7 Å². The van der Waals surface area contributed by atoms with Crippen molar-refractivity contribution in [2.45, 2.75) is 39.3 Å². The topological polar surface area (TPSA) is 100 Å². The minimum atomic E-state index is -1.12. The number of alkyl carbamates (subject to hydrolysis) is 1. The molecule has 2 aromatic rings. The standard InChI is InChI=1S/C27H39N3O5/c1-27(2,20-30(3)4)19-28-15-8-16-34-23-13-11-21(12-14-23)17-24(25(31)32)29-26(33)35-18-22-9-6-5-7-10-22/h5-7,9-14,24,28H,8,15-20H2,1-4H3,(H,29,33)(H,31,32). The van der Waals surface area contributed by atoms with Crippen molar-refractivity contribution < 1.29 is 24.2 Å². The Balaban J connectivity index is 1.70. The Kier molecular flexibility index (Phi) is 11.5. The minimum Gasteiger partial charge on any atom is -0.494 e. The molecule has 0 heterocycles. The van der Waals surface area contributed by atoms with Crippen LogP contribution in [-0.2, 0) is 22.6 Å². The maximum Gasteiger partial charge on any atom is 0.408 e.